The molecule has 0 saturated carbocycles. The maximum absolute atomic E-state index is 14.2. The van der Waals surface area contributed by atoms with Gasteiger partial charge < -0.3 is 24.3 Å². The van der Waals surface area contributed by atoms with Crippen LogP contribution in [0.15, 0.2) is 78.9 Å². The molecular formula is C35H36Cl2N2O5. The zero-order valence-electron chi connectivity index (χ0n) is 25.2. The third-order valence-corrected chi connectivity index (χ3v) is 8.81. The number of carbonyl (C=O) groups is 1. The van der Waals surface area contributed by atoms with Gasteiger partial charge in [-0.1, -0.05) is 65.7 Å². The van der Waals surface area contributed by atoms with Gasteiger partial charge in [-0.3, -0.25) is 9.69 Å². The molecule has 1 heterocycles. The number of methoxy groups -OCH3 is 4. The highest BCUT2D eigenvalue weighted by atomic mass is 35.5. The average Bonchev–Trinajstić information content (AvgIpc) is 3.06. The molecule has 4 aromatic rings. The van der Waals surface area contributed by atoms with Crippen molar-refractivity contribution >= 4 is 29.1 Å². The molecule has 4 aromatic carbocycles. The van der Waals surface area contributed by atoms with E-state index >= 15 is 0 Å². The van der Waals surface area contributed by atoms with Crippen molar-refractivity contribution in [1.29, 1.82) is 0 Å². The molecule has 7 nitrogen and oxygen atoms in total. The zero-order valence-corrected chi connectivity index (χ0v) is 26.7. The summed E-state index contributed by atoms with van der Waals surface area (Å²) < 4.78 is 22.5. The summed E-state index contributed by atoms with van der Waals surface area (Å²) in [5.41, 5.74) is 5.06. The largest absolute Gasteiger partial charge is 0.493 e. The summed E-state index contributed by atoms with van der Waals surface area (Å²) >= 11 is 12.4. The minimum atomic E-state index is -0.564. The van der Waals surface area contributed by atoms with Gasteiger partial charge in [0.25, 0.3) is 0 Å². The Morgan fingerprint density at radius 3 is 2.14 bits per heavy atom. The molecule has 230 valence electrons. The number of carbonyl (C=O) groups excluding carboxylic acids is 1. The van der Waals surface area contributed by atoms with E-state index in [0.717, 1.165) is 34.2 Å². The Morgan fingerprint density at radius 1 is 0.795 bits per heavy atom. The Bertz CT molecular complexity index is 1610. The molecule has 2 atom stereocenters. The molecule has 1 amide bonds. The van der Waals surface area contributed by atoms with Gasteiger partial charge in [0, 0.05) is 19.1 Å². The normalized spacial score (nSPS) is 15.2. The third-order valence-electron chi connectivity index (χ3n) is 8.07. The molecule has 0 aromatic heterocycles. The molecule has 1 aliphatic heterocycles. The molecule has 0 saturated heterocycles. The second-order valence-corrected chi connectivity index (χ2v) is 11.4. The molecule has 5 rings (SSSR count). The molecule has 1 aliphatic rings. The molecule has 1 N–H and O–H groups in total. The van der Waals surface area contributed by atoms with Gasteiger partial charge in [0.2, 0.25) is 5.91 Å². The molecule has 0 aliphatic carbocycles. The number of rotatable bonds is 11. The first-order valence-electron chi connectivity index (χ1n) is 14.3. The number of hydrogen-bond acceptors (Lipinski definition) is 6. The number of nitrogens with one attached hydrogen (secondary N) is 1. The van der Waals surface area contributed by atoms with Crippen LogP contribution in [-0.4, -0.2) is 45.8 Å². The van der Waals surface area contributed by atoms with Crippen molar-refractivity contribution in [2.75, 3.05) is 35.0 Å². The second-order valence-electron chi connectivity index (χ2n) is 10.6. The first-order valence-corrected chi connectivity index (χ1v) is 15.1. The van der Waals surface area contributed by atoms with Gasteiger partial charge in [-0.25, -0.2) is 0 Å². The lowest BCUT2D eigenvalue weighted by Crippen LogP contribution is -2.45. The number of halogens is 2. The minimum absolute atomic E-state index is 0.108. The molecule has 44 heavy (non-hydrogen) atoms. The summed E-state index contributed by atoms with van der Waals surface area (Å²) in [6.07, 6.45) is 1.35. The molecule has 0 spiro atoms. The van der Waals surface area contributed by atoms with Crippen molar-refractivity contribution in [2.45, 2.75) is 31.5 Å². The van der Waals surface area contributed by atoms with Gasteiger partial charge in [-0.15, -0.1) is 0 Å². The van der Waals surface area contributed by atoms with E-state index in [9.17, 15) is 4.79 Å². The van der Waals surface area contributed by atoms with E-state index in [-0.39, 0.29) is 11.9 Å². The topological polar surface area (TPSA) is 69.3 Å². The summed E-state index contributed by atoms with van der Waals surface area (Å²) in [7, 11) is 6.53. The minimum Gasteiger partial charge on any atom is -0.493 e. The van der Waals surface area contributed by atoms with Crippen LogP contribution >= 0.6 is 23.2 Å². The van der Waals surface area contributed by atoms with Crippen LogP contribution in [0.3, 0.4) is 0 Å². The third kappa shape index (κ3) is 6.75. The Morgan fingerprint density at radius 2 is 1.45 bits per heavy atom. The number of benzene rings is 4. The van der Waals surface area contributed by atoms with E-state index in [0.29, 0.717) is 52.6 Å². The highest BCUT2D eigenvalue weighted by Crippen LogP contribution is 2.43. The van der Waals surface area contributed by atoms with Crippen LogP contribution in [0, 0.1) is 0 Å². The van der Waals surface area contributed by atoms with Crippen LogP contribution in [0.5, 0.6) is 23.0 Å². The number of ether oxygens (including phenoxy) is 4. The van der Waals surface area contributed by atoms with Crippen LogP contribution < -0.4 is 24.3 Å². The lowest BCUT2D eigenvalue weighted by Gasteiger charge is -2.42. The van der Waals surface area contributed by atoms with Crippen LogP contribution in [-0.2, 0) is 24.2 Å². The Hall–Kier alpha value is -3.91. The molecule has 9 heteroatoms. The van der Waals surface area contributed by atoms with Crippen molar-refractivity contribution in [1.82, 2.24) is 10.2 Å². The molecule has 0 radical (unpaired) electrons. The van der Waals surface area contributed by atoms with Crippen LogP contribution in [0.25, 0.3) is 0 Å². The quantitative estimate of drug-likeness (QED) is 0.188. The van der Waals surface area contributed by atoms with Crippen molar-refractivity contribution in [3.8, 4) is 23.0 Å². The summed E-state index contributed by atoms with van der Waals surface area (Å²) in [4.78, 5) is 16.5. The smallest absolute Gasteiger partial charge is 0.242 e. The Labute approximate surface area is 268 Å². The SMILES string of the molecule is COc1ccc(C[C@H]2c3cc(OC)c(OC)cc3CCN2[C@@H](C(=O)NCc2ccc(Cl)c(Cl)c2)c2ccccc2)cc1OC. The number of fused-ring (bicyclic) bond motifs is 1. The van der Waals surface area contributed by atoms with Gasteiger partial charge >= 0.3 is 0 Å². The van der Waals surface area contributed by atoms with E-state index < -0.39 is 6.04 Å². The van der Waals surface area contributed by atoms with Crippen molar-refractivity contribution in [3.63, 3.8) is 0 Å². The first kappa shape index (κ1) is 31.5. The lowest BCUT2D eigenvalue weighted by atomic mass is 9.86. The van der Waals surface area contributed by atoms with Crippen molar-refractivity contribution in [3.05, 3.63) is 117 Å². The molecule has 0 unspecified atom stereocenters. The van der Waals surface area contributed by atoms with Crippen LogP contribution in [0.2, 0.25) is 10.0 Å². The van der Waals surface area contributed by atoms with Crippen LogP contribution in [0.1, 0.15) is 39.9 Å². The highest BCUT2D eigenvalue weighted by molar-refractivity contribution is 6.42. The predicted molar refractivity (Wildman–Crippen MR) is 173 cm³/mol. The summed E-state index contributed by atoms with van der Waals surface area (Å²) in [6, 6.07) is 24.6. The standard InChI is InChI=1S/C35H36Cl2N2O5/c1-41-30-13-11-22(18-31(30)42-2)17-29-26-20-33(44-4)32(43-3)19-25(26)14-15-39(29)34(24-8-6-5-7-9-24)35(40)38-21-23-10-12-27(36)28(37)16-23/h5-13,16,18-20,29,34H,14-15,17,21H2,1-4H3,(H,38,40)/t29-,34+/m0/s1. The van der Waals surface area contributed by atoms with E-state index in [1.807, 2.05) is 60.7 Å². The van der Waals surface area contributed by atoms with Crippen molar-refractivity contribution in [2.24, 2.45) is 0 Å². The summed E-state index contributed by atoms with van der Waals surface area (Å²) in [5.74, 6) is 2.53. The lowest BCUT2D eigenvalue weighted by molar-refractivity contribution is -0.128. The first-order chi connectivity index (χ1) is 21.4. The fourth-order valence-corrected chi connectivity index (χ4v) is 6.20. The predicted octanol–water partition coefficient (Wildman–Crippen LogP) is 7.23. The molecule has 0 fully saturated rings. The van der Waals surface area contributed by atoms with E-state index in [1.54, 1.807) is 40.6 Å². The van der Waals surface area contributed by atoms with Gasteiger partial charge in [0.05, 0.1) is 38.5 Å². The van der Waals surface area contributed by atoms with Gasteiger partial charge in [-0.2, -0.15) is 0 Å². The van der Waals surface area contributed by atoms with Gasteiger partial charge in [0.1, 0.15) is 6.04 Å². The number of amides is 1. The summed E-state index contributed by atoms with van der Waals surface area (Å²) in [6.45, 7) is 0.967. The van der Waals surface area contributed by atoms with E-state index in [1.165, 1.54) is 0 Å². The maximum atomic E-state index is 14.2. The monoisotopic (exact) mass is 634 g/mol. The highest BCUT2D eigenvalue weighted by Gasteiger charge is 2.37. The number of nitrogens with zero attached hydrogens (tertiary/aromatic N) is 1. The van der Waals surface area contributed by atoms with Crippen LogP contribution in [0.4, 0.5) is 0 Å². The van der Waals surface area contributed by atoms with Gasteiger partial charge in [-0.05, 0) is 77.1 Å². The fourth-order valence-electron chi connectivity index (χ4n) is 5.88. The van der Waals surface area contributed by atoms with E-state index in [4.69, 9.17) is 42.1 Å². The molecule has 0 bridgehead atoms. The number of hydrogen-bond donors (Lipinski definition) is 1. The fraction of sp³-hybridized carbons (Fsp3) is 0.286. The maximum Gasteiger partial charge on any atom is 0.242 e. The Balaban J connectivity index is 1.56. The van der Waals surface area contributed by atoms with Gasteiger partial charge in [0.15, 0.2) is 23.0 Å². The van der Waals surface area contributed by atoms with E-state index in [2.05, 4.69) is 16.3 Å². The van der Waals surface area contributed by atoms with Crippen molar-refractivity contribution < 1.29 is 23.7 Å². The Kier molecular flexibility index (Phi) is 10.2. The molecular weight excluding hydrogens is 599 g/mol. The average molecular weight is 636 g/mol. The summed E-state index contributed by atoms with van der Waals surface area (Å²) in [5, 5.41) is 4.08. The zero-order chi connectivity index (χ0) is 31.2. The second kappa shape index (κ2) is 14.2.